The van der Waals surface area contributed by atoms with Crippen LogP contribution in [0.3, 0.4) is 0 Å². The molecule has 0 fully saturated rings. The molecule has 0 aliphatic heterocycles. The van der Waals surface area contributed by atoms with E-state index in [9.17, 15) is 4.79 Å². The van der Waals surface area contributed by atoms with E-state index >= 15 is 0 Å². The SMILES string of the molecule is CCC(C)(OC)C(=O)Nc1ccc(I)cc1Cl. The standard InChI is InChI=1S/C12H15ClINO2/c1-4-12(2,17-3)11(16)15-10-6-5-8(14)7-9(10)13/h5-7H,4H2,1-3H3,(H,15,16). The number of nitrogens with one attached hydrogen (secondary N) is 1. The minimum atomic E-state index is -0.827. The predicted molar refractivity (Wildman–Crippen MR) is 78.5 cm³/mol. The highest BCUT2D eigenvalue weighted by atomic mass is 127. The smallest absolute Gasteiger partial charge is 0.256 e. The zero-order valence-electron chi connectivity index (χ0n) is 10.0. The van der Waals surface area contributed by atoms with Crippen LogP contribution in [0.2, 0.25) is 5.02 Å². The zero-order valence-corrected chi connectivity index (χ0v) is 12.9. The summed E-state index contributed by atoms with van der Waals surface area (Å²) in [7, 11) is 1.53. The number of anilines is 1. The largest absolute Gasteiger partial charge is 0.369 e. The first-order chi connectivity index (χ1) is 7.92. The number of ether oxygens (including phenoxy) is 1. The number of amides is 1. The van der Waals surface area contributed by atoms with Crippen molar-refractivity contribution in [1.29, 1.82) is 0 Å². The molecule has 17 heavy (non-hydrogen) atoms. The van der Waals surface area contributed by atoms with Crippen molar-refractivity contribution < 1.29 is 9.53 Å². The normalized spacial score (nSPS) is 14.2. The van der Waals surface area contributed by atoms with E-state index in [1.807, 2.05) is 13.0 Å². The number of benzene rings is 1. The van der Waals surface area contributed by atoms with Gasteiger partial charge in [-0.05, 0) is 54.1 Å². The van der Waals surface area contributed by atoms with Crippen molar-refractivity contribution in [1.82, 2.24) is 0 Å². The van der Waals surface area contributed by atoms with E-state index in [1.54, 1.807) is 19.1 Å². The van der Waals surface area contributed by atoms with Gasteiger partial charge in [-0.15, -0.1) is 0 Å². The first-order valence-corrected chi connectivity index (χ1v) is 6.70. The number of hydrogen-bond acceptors (Lipinski definition) is 2. The molecule has 3 nitrogen and oxygen atoms in total. The van der Waals surface area contributed by atoms with Gasteiger partial charge < -0.3 is 10.1 Å². The van der Waals surface area contributed by atoms with Crippen LogP contribution in [0.15, 0.2) is 18.2 Å². The van der Waals surface area contributed by atoms with Crippen molar-refractivity contribution in [3.8, 4) is 0 Å². The summed E-state index contributed by atoms with van der Waals surface area (Å²) in [6, 6.07) is 5.47. The van der Waals surface area contributed by atoms with E-state index in [4.69, 9.17) is 16.3 Å². The third-order valence-corrected chi connectivity index (χ3v) is 3.77. The number of methoxy groups -OCH3 is 1. The topological polar surface area (TPSA) is 38.3 Å². The van der Waals surface area contributed by atoms with Gasteiger partial charge in [0.15, 0.2) is 0 Å². The van der Waals surface area contributed by atoms with Crippen molar-refractivity contribution in [3.05, 3.63) is 26.8 Å². The molecule has 5 heteroatoms. The molecule has 0 aliphatic rings. The van der Waals surface area contributed by atoms with Crippen molar-refractivity contribution in [2.75, 3.05) is 12.4 Å². The summed E-state index contributed by atoms with van der Waals surface area (Å²) < 4.78 is 6.25. The Bertz CT molecular complexity index is 419. The molecule has 0 bridgehead atoms. The summed E-state index contributed by atoms with van der Waals surface area (Å²) in [5.41, 5.74) is -0.222. The van der Waals surface area contributed by atoms with Gasteiger partial charge in [-0.3, -0.25) is 4.79 Å². The molecule has 0 radical (unpaired) electrons. The van der Waals surface area contributed by atoms with Gasteiger partial charge in [0.2, 0.25) is 0 Å². The fourth-order valence-corrected chi connectivity index (χ4v) is 2.15. The van der Waals surface area contributed by atoms with Crippen LogP contribution in [0.1, 0.15) is 20.3 Å². The quantitative estimate of drug-likeness (QED) is 0.824. The highest BCUT2D eigenvalue weighted by molar-refractivity contribution is 14.1. The summed E-state index contributed by atoms with van der Waals surface area (Å²) in [5.74, 6) is -0.189. The number of carbonyl (C=O) groups excluding carboxylic acids is 1. The van der Waals surface area contributed by atoms with Gasteiger partial charge >= 0.3 is 0 Å². The Morgan fingerprint density at radius 2 is 2.24 bits per heavy atom. The maximum absolute atomic E-state index is 12.0. The second-order valence-electron chi connectivity index (χ2n) is 3.87. The molecule has 1 rings (SSSR count). The van der Waals surface area contributed by atoms with Crippen LogP contribution in [0, 0.1) is 3.57 Å². The maximum Gasteiger partial charge on any atom is 0.256 e. The van der Waals surface area contributed by atoms with Gasteiger partial charge in [0.1, 0.15) is 5.60 Å². The molecule has 0 saturated carbocycles. The number of halogens is 2. The molecule has 1 aromatic rings. The van der Waals surface area contributed by atoms with Crippen LogP contribution < -0.4 is 5.32 Å². The van der Waals surface area contributed by atoms with Gasteiger partial charge in [-0.25, -0.2) is 0 Å². The van der Waals surface area contributed by atoms with E-state index in [2.05, 4.69) is 27.9 Å². The fourth-order valence-electron chi connectivity index (χ4n) is 1.24. The zero-order chi connectivity index (χ0) is 13.1. The van der Waals surface area contributed by atoms with Gasteiger partial charge in [0.25, 0.3) is 5.91 Å². The summed E-state index contributed by atoms with van der Waals surface area (Å²) in [6.07, 6.45) is 0.595. The molecule has 94 valence electrons. The predicted octanol–water partition coefficient (Wildman–Crippen LogP) is 3.70. The van der Waals surface area contributed by atoms with Crippen LogP contribution in [-0.4, -0.2) is 18.6 Å². The Kier molecular flexibility index (Phi) is 5.22. The van der Waals surface area contributed by atoms with Gasteiger partial charge in [0.05, 0.1) is 10.7 Å². The number of carbonyl (C=O) groups is 1. The van der Waals surface area contributed by atoms with E-state index < -0.39 is 5.60 Å². The molecule has 0 aromatic heterocycles. The summed E-state index contributed by atoms with van der Waals surface area (Å²) >= 11 is 8.21. The van der Waals surface area contributed by atoms with Crippen molar-refractivity contribution >= 4 is 45.8 Å². The summed E-state index contributed by atoms with van der Waals surface area (Å²) in [6.45, 7) is 3.65. The lowest BCUT2D eigenvalue weighted by Crippen LogP contribution is -2.41. The average molecular weight is 368 g/mol. The van der Waals surface area contributed by atoms with Gasteiger partial charge in [-0.1, -0.05) is 18.5 Å². The molecular weight excluding hydrogens is 352 g/mol. The Morgan fingerprint density at radius 1 is 1.59 bits per heavy atom. The van der Waals surface area contributed by atoms with Crippen molar-refractivity contribution in [2.45, 2.75) is 25.9 Å². The molecule has 1 atom stereocenters. The van der Waals surface area contributed by atoms with Crippen LogP contribution in [0.25, 0.3) is 0 Å². The average Bonchev–Trinajstić information content (AvgIpc) is 2.31. The van der Waals surface area contributed by atoms with Gasteiger partial charge in [-0.2, -0.15) is 0 Å². The first kappa shape index (κ1) is 14.7. The van der Waals surface area contributed by atoms with Crippen LogP contribution >= 0.6 is 34.2 Å². The summed E-state index contributed by atoms with van der Waals surface area (Å²) in [5, 5.41) is 3.31. The van der Waals surface area contributed by atoms with E-state index in [0.717, 1.165) is 3.57 Å². The Hall–Kier alpha value is -0.330. The third kappa shape index (κ3) is 3.56. The van der Waals surface area contributed by atoms with Crippen molar-refractivity contribution in [2.24, 2.45) is 0 Å². The van der Waals surface area contributed by atoms with E-state index in [-0.39, 0.29) is 5.91 Å². The Labute approximate surface area is 120 Å². The molecule has 1 N–H and O–H groups in total. The molecule has 0 spiro atoms. The molecular formula is C12H15ClINO2. The van der Waals surface area contributed by atoms with Crippen LogP contribution in [0.4, 0.5) is 5.69 Å². The highest BCUT2D eigenvalue weighted by Crippen LogP contribution is 2.25. The fraction of sp³-hybridized carbons (Fsp3) is 0.417. The Morgan fingerprint density at radius 3 is 2.71 bits per heavy atom. The van der Waals surface area contributed by atoms with Crippen molar-refractivity contribution in [3.63, 3.8) is 0 Å². The Balaban J connectivity index is 2.88. The van der Waals surface area contributed by atoms with Gasteiger partial charge in [0, 0.05) is 10.7 Å². The van der Waals surface area contributed by atoms with Crippen LogP contribution in [-0.2, 0) is 9.53 Å². The second-order valence-corrected chi connectivity index (χ2v) is 5.52. The van der Waals surface area contributed by atoms with E-state index in [1.165, 1.54) is 7.11 Å². The molecule has 0 saturated heterocycles. The second kappa shape index (κ2) is 6.02. The number of rotatable bonds is 4. The lowest BCUT2D eigenvalue weighted by atomic mass is 10.0. The maximum atomic E-state index is 12.0. The molecule has 0 aliphatic carbocycles. The molecule has 0 heterocycles. The minimum absolute atomic E-state index is 0.189. The molecule has 1 amide bonds. The third-order valence-electron chi connectivity index (χ3n) is 2.78. The summed E-state index contributed by atoms with van der Waals surface area (Å²) in [4.78, 5) is 12.0. The first-order valence-electron chi connectivity index (χ1n) is 5.24. The molecule has 1 aromatic carbocycles. The highest BCUT2D eigenvalue weighted by Gasteiger charge is 2.31. The number of hydrogen-bond donors (Lipinski definition) is 1. The van der Waals surface area contributed by atoms with Crippen LogP contribution in [0.5, 0.6) is 0 Å². The monoisotopic (exact) mass is 367 g/mol. The van der Waals surface area contributed by atoms with E-state index in [0.29, 0.717) is 17.1 Å². The minimum Gasteiger partial charge on any atom is -0.369 e. The molecule has 1 unspecified atom stereocenters. The lowest BCUT2D eigenvalue weighted by molar-refractivity contribution is -0.136. The lowest BCUT2D eigenvalue weighted by Gasteiger charge is -2.25.